The van der Waals surface area contributed by atoms with E-state index in [2.05, 4.69) is 5.10 Å². The summed E-state index contributed by atoms with van der Waals surface area (Å²) in [6.07, 6.45) is 4.35. The third-order valence-corrected chi connectivity index (χ3v) is 1.79. The van der Waals surface area contributed by atoms with Gasteiger partial charge in [-0.3, -0.25) is 0 Å². The number of aliphatic carboxylic acids is 1. The normalized spacial score (nSPS) is 11.1. The first-order valence-electron chi connectivity index (χ1n) is 4.11. The van der Waals surface area contributed by atoms with E-state index in [-0.39, 0.29) is 0 Å². The van der Waals surface area contributed by atoms with Crippen LogP contribution in [0.5, 0.6) is 0 Å². The maximum absolute atomic E-state index is 10.3. The fourth-order valence-electron chi connectivity index (χ4n) is 1.20. The van der Waals surface area contributed by atoms with E-state index in [1.165, 1.54) is 6.08 Å². The highest BCUT2D eigenvalue weighted by atomic mass is 16.4. The van der Waals surface area contributed by atoms with Crippen LogP contribution in [0.15, 0.2) is 36.5 Å². The van der Waals surface area contributed by atoms with Crippen LogP contribution in [0, 0.1) is 0 Å². The molecule has 0 saturated carbocycles. The molecule has 0 aromatic carbocycles. The Kier molecular flexibility index (Phi) is 2.02. The van der Waals surface area contributed by atoms with Crippen molar-refractivity contribution >= 4 is 17.6 Å². The molecule has 0 fully saturated rings. The predicted molar refractivity (Wildman–Crippen MR) is 51.9 cm³/mol. The Balaban J connectivity index is 2.40. The Morgan fingerprint density at radius 2 is 2.36 bits per heavy atom. The number of fused-ring (bicyclic) bond motifs is 1. The van der Waals surface area contributed by atoms with Crippen molar-refractivity contribution in [2.24, 2.45) is 0 Å². The number of hydrogen-bond acceptors (Lipinski definition) is 2. The lowest BCUT2D eigenvalue weighted by molar-refractivity contribution is -0.131. The summed E-state index contributed by atoms with van der Waals surface area (Å²) in [5, 5.41) is 12.6. The highest BCUT2D eigenvalue weighted by molar-refractivity contribution is 5.85. The number of rotatable bonds is 2. The average Bonchev–Trinajstić information content (AvgIpc) is 2.57. The number of carbonyl (C=O) groups is 1. The predicted octanol–water partition coefficient (Wildman–Crippen LogP) is 1.43. The second-order valence-corrected chi connectivity index (χ2v) is 2.81. The first-order chi connectivity index (χ1) is 6.75. The van der Waals surface area contributed by atoms with E-state index in [1.807, 2.05) is 30.5 Å². The molecule has 2 rings (SSSR count). The van der Waals surface area contributed by atoms with Crippen molar-refractivity contribution in [3.05, 3.63) is 42.2 Å². The monoisotopic (exact) mass is 188 g/mol. The molecule has 0 spiro atoms. The first-order valence-corrected chi connectivity index (χ1v) is 4.11. The zero-order chi connectivity index (χ0) is 9.97. The van der Waals surface area contributed by atoms with E-state index < -0.39 is 5.97 Å². The molecule has 0 amide bonds. The van der Waals surface area contributed by atoms with Crippen LogP contribution in [0.4, 0.5) is 0 Å². The van der Waals surface area contributed by atoms with Crippen LogP contribution in [0.1, 0.15) is 5.69 Å². The minimum Gasteiger partial charge on any atom is -0.478 e. The highest BCUT2D eigenvalue weighted by Gasteiger charge is 1.96. The molecule has 1 N–H and O–H groups in total. The Morgan fingerprint density at radius 3 is 3.07 bits per heavy atom. The largest absolute Gasteiger partial charge is 0.478 e. The molecule has 4 nitrogen and oxygen atoms in total. The highest BCUT2D eigenvalue weighted by Crippen LogP contribution is 2.06. The van der Waals surface area contributed by atoms with E-state index >= 15 is 0 Å². The molecule has 2 aromatic rings. The van der Waals surface area contributed by atoms with Gasteiger partial charge in [0.15, 0.2) is 0 Å². The van der Waals surface area contributed by atoms with Gasteiger partial charge >= 0.3 is 5.97 Å². The van der Waals surface area contributed by atoms with Crippen LogP contribution >= 0.6 is 0 Å². The topological polar surface area (TPSA) is 54.6 Å². The van der Waals surface area contributed by atoms with E-state index in [0.717, 1.165) is 11.6 Å². The zero-order valence-corrected chi connectivity index (χ0v) is 7.29. The lowest BCUT2D eigenvalue weighted by Gasteiger charge is -1.87. The zero-order valence-electron chi connectivity index (χ0n) is 7.29. The number of aromatic nitrogens is 2. The molecule has 0 radical (unpaired) electrons. The van der Waals surface area contributed by atoms with Gasteiger partial charge in [-0.05, 0) is 24.3 Å². The second-order valence-electron chi connectivity index (χ2n) is 2.81. The summed E-state index contributed by atoms with van der Waals surface area (Å²) >= 11 is 0. The van der Waals surface area contributed by atoms with Crippen molar-refractivity contribution in [3.8, 4) is 0 Å². The SMILES string of the molecule is O=C(O)C=Cc1cc2ccccn2n1. The maximum Gasteiger partial charge on any atom is 0.328 e. The minimum absolute atomic E-state index is 0.638. The fourth-order valence-corrected chi connectivity index (χ4v) is 1.20. The van der Waals surface area contributed by atoms with Gasteiger partial charge in [-0.2, -0.15) is 5.10 Å². The van der Waals surface area contributed by atoms with Gasteiger partial charge in [-0.1, -0.05) is 6.07 Å². The molecule has 0 atom stereocenters. The third kappa shape index (κ3) is 1.64. The van der Waals surface area contributed by atoms with E-state index in [9.17, 15) is 4.79 Å². The van der Waals surface area contributed by atoms with Crippen molar-refractivity contribution in [2.75, 3.05) is 0 Å². The summed E-state index contributed by atoms with van der Waals surface area (Å²) in [6, 6.07) is 7.50. The van der Waals surface area contributed by atoms with Crippen molar-refractivity contribution in [1.82, 2.24) is 9.61 Å². The number of nitrogens with zero attached hydrogens (tertiary/aromatic N) is 2. The average molecular weight is 188 g/mol. The third-order valence-electron chi connectivity index (χ3n) is 1.79. The summed E-state index contributed by atoms with van der Waals surface area (Å²) < 4.78 is 1.70. The van der Waals surface area contributed by atoms with E-state index in [0.29, 0.717) is 5.69 Å². The van der Waals surface area contributed by atoms with Gasteiger partial charge < -0.3 is 5.11 Å². The Morgan fingerprint density at radius 1 is 1.50 bits per heavy atom. The van der Waals surface area contributed by atoms with E-state index in [4.69, 9.17) is 5.11 Å². The van der Waals surface area contributed by atoms with Gasteiger partial charge in [0.25, 0.3) is 0 Å². The van der Waals surface area contributed by atoms with Crippen molar-refractivity contribution in [3.63, 3.8) is 0 Å². The molecule has 14 heavy (non-hydrogen) atoms. The summed E-state index contributed by atoms with van der Waals surface area (Å²) in [4.78, 5) is 10.3. The summed E-state index contributed by atoms with van der Waals surface area (Å²) in [5.41, 5.74) is 1.58. The van der Waals surface area contributed by atoms with Crippen LogP contribution in [0.25, 0.3) is 11.6 Å². The Bertz CT molecular complexity index is 467. The van der Waals surface area contributed by atoms with Gasteiger partial charge in [0.05, 0.1) is 11.2 Å². The molecule has 2 aromatic heterocycles. The standard InChI is InChI=1S/C10H8N2O2/c13-10(14)5-4-8-7-9-3-1-2-6-12(9)11-8/h1-7H,(H,13,14). The Hall–Kier alpha value is -2.10. The lowest BCUT2D eigenvalue weighted by atomic mass is 10.3. The Labute approximate surface area is 80.1 Å². The number of hydrogen-bond donors (Lipinski definition) is 1. The smallest absolute Gasteiger partial charge is 0.328 e. The molecular formula is C10H8N2O2. The second kappa shape index (κ2) is 3.33. The van der Waals surface area contributed by atoms with Crippen LogP contribution in [-0.2, 0) is 4.79 Å². The summed E-state index contributed by atoms with van der Waals surface area (Å²) in [7, 11) is 0. The first kappa shape index (κ1) is 8.50. The molecule has 0 aliphatic rings. The van der Waals surface area contributed by atoms with Crippen LogP contribution < -0.4 is 0 Å². The molecular weight excluding hydrogens is 180 g/mol. The van der Waals surface area contributed by atoms with Gasteiger partial charge in [-0.15, -0.1) is 0 Å². The van der Waals surface area contributed by atoms with Gasteiger partial charge in [0, 0.05) is 12.3 Å². The molecule has 2 heterocycles. The van der Waals surface area contributed by atoms with Gasteiger partial charge in [-0.25, -0.2) is 9.31 Å². The number of carboxylic acid groups (broad SMARTS) is 1. The van der Waals surface area contributed by atoms with Crippen molar-refractivity contribution < 1.29 is 9.90 Å². The number of carboxylic acids is 1. The summed E-state index contributed by atoms with van der Waals surface area (Å²) in [6.45, 7) is 0. The number of pyridine rings is 1. The van der Waals surface area contributed by atoms with Gasteiger partial charge in [0.2, 0.25) is 0 Å². The minimum atomic E-state index is -0.970. The lowest BCUT2D eigenvalue weighted by Crippen LogP contribution is -1.87. The van der Waals surface area contributed by atoms with Crippen LogP contribution in [-0.4, -0.2) is 20.7 Å². The molecule has 0 aliphatic carbocycles. The summed E-state index contributed by atoms with van der Waals surface area (Å²) in [5.74, 6) is -0.970. The fraction of sp³-hybridized carbons (Fsp3) is 0. The molecule has 70 valence electrons. The molecule has 0 saturated heterocycles. The maximum atomic E-state index is 10.3. The van der Waals surface area contributed by atoms with Crippen molar-refractivity contribution in [2.45, 2.75) is 0 Å². The van der Waals surface area contributed by atoms with Crippen LogP contribution in [0.3, 0.4) is 0 Å². The molecule has 4 heteroatoms. The quantitative estimate of drug-likeness (QED) is 0.725. The van der Waals surface area contributed by atoms with E-state index in [1.54, 1.807) is 4.52 Å². The van der Waals surface area contributed by atoms with Gasteiger partial charge in [0.1, 0.15) is 0 Å². The van der Waals surface area contributed by atoms with Crippen molar-refractivity contribution in [1.29, 1.82) is 0 Å². The molecule has 0 aliphatic heterocycles. The van der Waals surface area contributed by atoms with Crippen LogP contribution in [0.2, 0.25) is 0 Å². The molecule has 0 unspecified atom stereocenters. The molecule has 0 bridgehead atoms.